The highest BCUT2D eigenvalue weighted by atomic mass is 16.5. The van der Waals surface area contributed by atoms with E-state index in [-0.39, 0.29) is 0 Å². The van der Waals surface area contributed by atoms with E-state index in [2.05, 4.69) is 10.1 Å². The minimum atomic E-state index is -1.13. The Morgan fingerprint density at radius 3 is 1.73 bits per heavy atom. The summed E-state index contributed by atoms with van der Waals surface area (Å²) in [5, 5.41) is 19.6. The van der Waals surface area contributed by atoms with E-state index < -0.39 is 30.1 Å². The van der Waals surface area contributed by atoms with Crippen LogP contribution < -0.4 is 11.1 Å². The molecule has 0 radical (unpaired) electrons. The molecule has 138 valence electrons. The maximum Gasteiger partial charge on any atom is 0.407 e. The van der Waals surface area contributed by atoms with Crippen molar-refractivity contribution in [3.8, 4) is 0 Å². The van der Waals surface area contributed by atoms with Gasteiger partial charge in [-0.2, -0.15) is 0 Å². The van der Waals surface area contributed by atoms with Crippen molar-refractivity contribution in [1.82, 2.24) is 5.32 Å². The van der Waals surface area contributed by atoms with E-state index in [9.17, 15) is 14.4 Å². The highest BCUT2D eigenvalue weighted by Crippen LogP contribution is 2.12. The minimum absolute atomic E-state index is 0.496. The van der Waals surface area contributed by atoms with Gasteiger partial charge < -0.3 is 26.0 Å². The lowest BCUT2D eigenvalue weighted by Crippen LogP contribution is -2.33. The van der Waals surface area contributed by atoms with E-state index in [1.165, 1.54) is 7.11 Å². The Bertz CT molecular complexity index is 721. The van der Waals surface area contributed by atoms with Crippen molar-refractivity contribution in [2.75, 3.05) is 7.11 Å². The van der Waals surface area contributed by atoms with E-state index in [0.29, 0.717) is 11.1 Å². The summed E-state index contributed by atoms with van der Waals surface area (Å²) >= 11 is 0. The number of ether oxygens (including phenoxy) is 1. The van der Waals surface area contributed by atoms with Crippen LogP contribution in [0.5, 0.6) is 0 Å². The molecule has 0 unspecified atom stereocenters. The lowest BCUT2D eigenvalue weighted by atomic mass is 10.1. The smallest absolute Gasteiger partial charge is 0.407 e. The van der Waals surface area contributed by atoms with Crippen LogP contribution in [0.1, 0.15) is 23.2 Å². The lowest BCUT2D eigenvalue weighted by Gasteiger charge is -2.13. The maximum atomic E-state index is 10.9. The summed E-state index contributed by atoms with van der Waals surface area (Å²) in [6.07, 6.45) is -0.772. The van der Waals surface area contributed by atoms with Gasteiger partial charge in [-0.05, 0) is 11.1 Å². The molecular formula is C18H20N2O6. The highest BCUT2D eigenvalue weighted by Gasteiger charge is 2.21. The van der Waals surface area contributed by atoms with Gasteiger partial charge in [-0.25, -0.2) is 9.59 Å². The van der Waals surface area contributed by atoms with Crippen molar-refractivity contribution in [1.29, 1.82) is 0 Å². The first-order chi connectivity index (χ1) is 12.4. The summed E-state index contributed by atoms with van der Waals surface area (Å²) in [5.41, 5.74) is 6.46. The highest BCUT2D eigenvalue weighted by molar-refractivity contribution is 5.81. The number of carbonyl (C=O) groups excluding carboxylic acids is 1. The molecular weight excluding hydrogens is 340 g/mol. The van der Waals surface area contributed by atoms with E-state index in [1.807, 2.05) is 6.07 Å². The van der Waals surface area contributed by atoms with Crippen LogP contribution in [0.2, 0.25) is 0 Å². The summed E-state index contributed by atoms with van der Waals surface area (Å²) in [6.45, 7) is 0. The lowest BCUT2D eigenvalue weighted by molar-refractivity contribution is -0.140. The topological polar surface area (TPSA) is 139 Å². The quantitative estimate of drug-likeness (QED) is 0.639. The third-order valence-corrected chi connectivity index (χ3v) is 3.25. The van der Waals surface area contributed by atoms with Crippen LogP contribution in [0.15, 0.2) is 60.7 Å². The SMILES string of the molecule is COC(=O)N[C@@H](C(=O)O)c1ccccc1.N[C@@H](C(=O)O)c1ccccc1. The molecule has 0 fully saturated rings. The molecule has 0 saturated carbocycles. The molecule has 0 spiro atoms. The number of hydrogen-bond acceptors (Lipinski definition) is 5. The van der Waals surface area contributed by atoms with E-state index in [1.54, 1.807) is 54.6 Å². The number of carboxylic acids is 2. The van der Waals surface area contributed by atoms with Crippen LogP contribution in [0.25, 0.3) is 0 Å². The number of nitrogens with one attached hydrogen (secondary N) is 1. The third kappa shape index (κ3) is 6.62. The number of amides is 1. The number of carboxylic acid groups (broad SMARTS) is 2. The predicted octanol–water partition coefficient (Wildman–Crippen LogP) is 1.94. The molecule has 2 atom stereocenters. The number of aliphatic carboxylic acids is 2. The molecule has 2 rings (SSSR count). The molecule has 1 amide bonds. The molecule has 2 aromatic rings. The maximum absolute atomic E-state index is 10.9. The first-order valence-corrected chi connectivity index (χ1v) is 7.52. The fraction of sp³-hybridized carbons (Fsp3) is 0.167. The van der Waals surface area contributed by atoms with E-state index in [4.69, 9.17) is 15.9 Å². The molecule has 8 nitrogen and oxygen atoms in total. The van der Waals surface area contributed by atoms with Gasteiger partial charge in [0.1, 0.15) is 6.04 Å². The Balaban J connectivity index is 0.000000273. The Labute approximate surface area is 150 Å². The number of carbonyl (C=O) groups is 3. The molecule has 0 bridgehead atoms. The van der Waals surface area contributed by atoms with Gasteiger partial charge in [0.2, 0.25) is 0 Å². The fourth-order valence-electron chi connectivity index (χ4n) is 1.91. The molecule has 26 heavy (non-hydrogen) atoms. The predicted molar refractivity (Wildman–Crippen MR) is 93.4 cm³/mol. The minimum Gasteiger partial charge on any atom is -0.480 e. The Kier molecular flexibility index (Phi) is 8.32. The summed E-state index contributed by atoms with van der Waals surface area (Å²) in [6, 6.07) is 15.1. The zero-order chi connectivity index (χ0) is 19.5. The third-order valence-electron chi connectivity index (χ3n) is 3.25. The van der Waals surface area contributed by atoms with Gasteiger partial charge in [0.15, 0.2) is 6.04 Å². The van der Waals surface area contributed by atoms with Crippen LogP contribution in [0.4, 0.5) is 4.79 Å². The summed E-state index contributed by atoms with van der Waals surface area (Å²) in [5.74, 6) is -2.14. The van der Waals surface area contributed by atoms with Crippen LogP contribution in [-0.2, 0) is 14.3 Å². The van der Waals surface area contributed by atoms with Crippen LogP contribution in [0, 0.1) is 0 Å². The number of hydrogen-bond donors (Lipinski definition) is 4. The van der Waals surface area contributed by atoms with Gasteiger partial charge in [-0.15, -0.1) is 0 Å². The molecule has 0 aliphatic rings. The van der Waals surface area contributed by atoms with Gasteiger partial charge in [0, 0.05) is 0 Å². The van der Waals surface area contributed by atoms with Crippen molar-refractivity contribution in [3.63, 3.8) is 0 Å². The first-order valence-electron chi connectivity index (χ1n) is 7.52. The molecule has 0 aromatic heterocycles. The van der Waals surface area contributed by atoms with Crippen molar-refractivity contribution < 1.29 is 29.3 Å². The van der Waals surface area contributed by atoms with Crippen LogP contribution in [-0.4, -0.2) is 35.4 Å². The second kappa shape index (κ2) is 10.5. The van der Waals surface area contributed by atoms with Crippen LogP contribution >= 0.6 is 0 Å². The molecule has 0 aliphatic heterocycles. The number of rotatable bonds is 5. The van der Waals surface area contributed by atoms with E-state index >= 15 is 0 Å². The molecule has 2 aromatic carbocycles. The second-order valence-electron chi connectivity index (χ2n) is 5.04. The molecule has 5 N–H and O–H groups in total. The van der Waals surface area contributed by atoms with Gasteiger partial charge in [0.05, 0.1) is 7.11 Å². The normalized spacial score (nSPS) is 11.9. The van der Waals surface area contributed by atoms with Crippen LogP contribution in [0.3, 0.4) is 0 Å². The number of nitrogens with two attached hydrogens (primary N) is 1. The zero-order valence-electron chi connectivity index (χ0n) is 14.0. The average Bonchev–Trinajstić information content (AvgIpc) is 2.66. The number of methoxy groups -OCH3 is 1. The molecule has 0 heterocycles. The van der Waals surface area contributed by atoms with Gasteiger partial charge >= 0.3 is 18.0 Å². The number of alkyl carbamates (subject to hydrolysis) is 1. The largest absolute Gasteiger partial charge is 0.480 e. The van der Waals surface area contributed by atoms with Crippen molar-refractivity contribution >= 4 is 18.0 Å². The zero-order valence-corrected chi connectivity index (χ0v) is 14.0. The summed E-state index contributed by atoms with van der Waals surface area (Å²) in [7, 11) is 1.18. The number of benzene rings is 2. The Hall–Kier alpha value is -3.39. The van der Waals surface area contributed by atoms with E-state index in [0.717, 1.165) is 0 Å². The first kappa shape index (κ1) is 20.7. The monoisotopic (exact) mass is 360 g/mol. The molecule has 0 aliphatic carbocycles. The fourth-order valence-corrected chi connectivity index (χ4v) is 1.91. The summed E-state index contributed by atoms with van der Waals surface area (Å²) < 4.78 is 4.34. The Morgan fingerprint density at radius 2 is 1.35 bits per heavy atom. The summed E-state index contributed by atoms with van der Waals surface area (Å²) in [4.78, 5) is 32.2. The van der Waals surface area contributed by atoms with Gasteiger partial charge in [-0.3, -0.25) is 4.79 Å². The second-order valence-corrected chi connectivity index (χ2v) is 5.04. The van der Waals surface area contributed by atoms with Crippen molar-refractivity contribution in [2.45, 2.75) is 12.1 Å². The molecule has 0 saturated heterocycles. The Morgan fingerprint density at radius 1 is 0.885 bits per heavy atom. The standard InChI is InChI=1S/C10H11NO4.C8H9NO2/c1-15-10(14)11-8(9(12)13)7-5-3-2-4-6-7;9-7(8(10)11)6-4-2-1-3-5-6/h2-6,8H,1H3,(H,11,14)(H,12,13);1-5,7H,9H2,(H,10,11)/t8-;7-/m11/s1. The van der Waals surface area contributed by atoms with Gasteiger partial charge in [-0.1, -0.05) is 60.7 Å². The van der Waals surface area contributed by atoms with Crippen molar-refractivity contribution in [3.05, 3.63) is 71.8 Å². The van der Waals surface area contributed by atoms with Gasteiger partial charge in [0.25, 0.3) is 0 Å². The van der Waals surface area contributed by atoms with Crippen molar-refractivity contribution in [2.24, 2.45) is 5.73 Å². The average molecular weight is 360 g/mol. The molecule has 8 heteroatoms.